The van der Waals surface area contributed by atoms with E-state index in [0.29, 0.717) is 23.2 Å². The van der Waals surface area contributed by atoms with Crippen LogP contribution in [0.5, 0.6) is 17.4 Å². The first-order valence-electron chi connectivity index (χ1n) is 17.8. The van der Waals surface area contributed by atoms with E-state index in [1.165, 1.54) is 18.3 Å². The number of aromatic nitrogens is 2. The third kappa shape index (κ3) is 11.6. The third-order valence-corrected chi connectivity index (χ3v) is 8.64. The summed E-state index contributed by atoms with van der Waals surface area (Å²) in [5.74, 6) is -3.33. The molecule has 0 radical (unpaired) electrons. The van der Waals surface area contributed by atoms with Gasteiger partial charge in [0.2, 0.25) is 18.3 Å². The fourth-order valence-corrected chi connectivity index (χ4v) is 6.03. The Balaban J connectivity index is 1.45. The molecule has 1 saturated carbocycles. The van der Waals surface area contributed by atoms with Gasteiger partial charge in [-0.1, -0.05) is 18.2 Å². The van der Waals surface area contributed by atoms with E-state index in [9.17, 15) is 33.1 Å². The van der Waals surface area contributed by atoms with Crippen LogP contribution in [0.25, 0.3) is 0 Å². The van der Waals surface area contributed by atoms with Gasteiger partial charge < -0.3 is 43.0 Å². The van der Waals surface area contributed by atoms with Crippen molar-refractivity contribution >= 4 is 23.9 Å². The lowest BCUT2D eigenvalue weighted by atomic mass is 9.86. The Hall–Kier alpha value is -5.42. The summed E-state index contributed by atoms with van der Waals surface area (Å²) in [6.07, 6.45) is -1.96. The first-order chi connectivity index (χ1) is 26.5. The Bertz CT molecular complexity index is 1850. The molecule has 17 heteroatoms. The van der Waals surface area contributed by atoms with Crippen molar-refractivity contribution < 1.29 is 71.0 Å². The molecular formula is C39H44F2N2O13. The molecule has 2 aromatic heterocycles. The van der Waals surface area contributed by atoms with E-state index in [2.05, 4.69) is 9.97 Å². The normalized spacial score (nSPS) is 21.4. The molecule has 3 aromatic rings. The highest BCUT2D eigenvalue weighted by atomic mass is 19.3. The highest BCUT2D eigenvalue weighted by Gasteiger charge is 2.53. The standard InChI is InChI=1S/C39H44F2N2O13/c1-20(44)49-19-31-34(50-21(2)45)35(51-22(3)46)36(52-23(4)47)37(54-31)56-33-14-7-24(17-43-33)15-28(26-9-13-32(42-18-26)39(5,6)48)25-8-12-29(55-38(40)41)30(16-25)53-27-10-11-27/h7-9,12-14,16-18,27-28,31,34-38,48H,10-11,15,19H2,1-6H3/t28-,31?,34-,35+,36?,37-/m0/s1. The zero-order chi connectivity index (χ0) is 40.7. The van der Waals surface area contributed by atoms with E-state index in [-0.39, 0.29) is 23.5 Å². The SMILES string of the molecule is CC(=O)OCC1O[C@@H](Oc2ccc(C[C@H](c3ccc(C(C)(C)O)nc3)c3ccc(OC(F)F)c(OC4CC4)c3)cn2)C(OC(C)=O)[C@H](OC(C)=O)[C@H]1OC(C)=O. The minimum absolute atomic E-state index is 0.00369. The number of carbonyl (C=O) groups excluding carboxylic acids is 4. The molecule has 2 fully saturated rings. The Morgan fingerprint density at radius 1 is 0.804 bits per heavy atom. The van der Waals surface area contributed by atoms with Crippen molar-refractivity contribution in [2.45, 2.75) is 116 Å². The number of hydrogen-bond acceptors (Lipinski definition) is 15. The van der Waals surface area contributed by atoms with Crippen LogP contribution in [0.15, 0.2) is 54.9 Å². The summed E-state index contributed by atoms with van der Waals surface area (Å²) in [7, 11) is 0. The zero-order valence-electron chi connectivity index (χ0n) is 31.6. The fraction of sp³-hybridized carbons (Fsp3) is 0.487. The molecule has 1 aliphatic heterocycles. The van der Waals surface area contributed by atoms with Gasteiger partial charge in [-0.05, 0) is 68.0 Å². The van der Waals surface area contributed by atoms with Crippen LogP contribution in [0.2, 0.25) is 0 Å². The number of nitrogens with zero attached hydrogens (tertiary/aromatic N) is 2. The van der Waals surface area contributed by atoms with Gasteiger partial charge in [-0.15, -0.1) is 0 Å². The summed E-state index contributed by atoms with van der Waals surface area (Å²) in [5.41, 5.74) is 1.41. The third-order valence-electron chi connectivity index (χ3n) is 8.64. The molecular weight excluding hydrogens is 742 g/mol. The average Bonchev–Trinajstić information content (AvgIpc) is 3.93. The molecule has 5 rings (SSSR count). The van der Waals surface area contributed by atoms with E-state index < -0.39 is 79.3 Å². The lowest BCUT2D eigenvalue weighted by Gasteiger charge is -2.43. The van der Waals surface area contributed by atoms with E-state index >= 15 is 0 Å². The molecule has 2 unspecified atom stereocenters. The minimum atomic E-state index is -3.05. The molecule has 0 spiro atoms. The summed E-state index contributed by atoms with van der Waals surface area (Å²) in [5, 5.41) is 10.5. The number of carbonyl (C=O) groups is 4. The Labute approximate surface area is 321 Å². The predicted molar refractivity (Wildman–Crippen MR) is 189 cm³/mol. The first-order valence-corrected chi connectivity index (χ1v) is 17.8. The van der Waals surface area contributed by atoms with E-state index in [1.807, 2.05) is 6.07 Å². The zero-order valence-corrected chi connectivity index (χ0v) is 31.6. The van der Waals surface area contributed by atoms with E-state index in [1.54, 1.807) is 44.3 Å². The second kappa shape index (κ2) is 18.0. The molecule has 15 nitrogen and oxygen atoms in total. The van der Waals surface area contributed by atoms with Crippen LogP contribution in [-0.4, -0.2) is 89.0 Å². The van der Waals surface area contributed by atoms with Crippen molar-refractivity contribution in [2.75, 3.05) is 6.61 Å². The molecule has 56 heavy (non-hydrogen) atoms. The molecule has 1 aliphatic carbocycles. The smallest absolute Gasteiger partial charge is 0.387 e. The Morgan fingerprint density at radius 3 is 2.02 bits per heavy atom. The molecule has 0 bridgehead atoms. The van der Waals surface area contributed by atoms with Gasteiger partial charge in [0.15, 0.2) is 23.7 Å². The van der Waals surface area contributed by atoms with Gasteiger partial charge in [-0.3, -0.25) is 24.2 Å². The molecule has 1 N–H and O–H groups in total. The van der Waals surface area contributed by atoms with Crippen LogP contribution >= 0.6 is 0 Å². The number of esters is 4. The topological polar surface area (TPSA) is 188 Å². The summed E-state index contributed by atoms with van der Waals surface area (Å²) < 4.78 is 70.7. The van der Waals surface area contributed by atoms with Gasteiger partial charge in [0.25, 0.3) is 0 Å². The van der Waals surface area contributed by atoms with E-state index in [0.717, 1.165) is 46.1 Å². The quantitative estimate of drug-likeness (QED) is 0.156. The molecule has 0 amide bonds. The van der Waals surface area contributed by atoms with Crippen molar-refractivity contribution in [2.24, 2.45) is 0 Å². The van der Waals surface area contributed by atoms with Crippen LogP contribution in [0.1, 0.15) is 82.7 Å². The highest BCUT2D eigenvalue weighted by Crippen LogP contribution is 2.39. The van der Waals surface area contributed by atoms with Crippen molar-refractivity contribution in [3.63, 3.8) is 0 Å². The van der Waals surface area contributed by atoms with Crippen molar-refractivity contribution in [3.05, 3.63) is 77.2 Å². The monoisotopic (exact) mass is 786 g/mol. The number of pyridine rings is 2. The van der Waals surface area contributed by atoms with E-state index in [4.69, 9.17) is 37.9 Å². The molecule has 6 atom stereocenters. The largest absolute Gasteiger partial charge is 0.487 e. The average molecular weight is 787 g/mol. The Morgan fingerprint density at radius 2 is 1.46 bits per heavy atom. The van der Waals surface area contributed by atoms with Gasteiger partial charge in [0.05, 0.1) is 11.8 Å². The van der Waals surface area contributed by atoms with Crippen molar-refractivity contribution in [1.82, 2.24) is 9.97 Å². The molecule has 1 aromatic carbocycles. The number of rotatable bonds is 16. The van der Waals surface area contributed by atoms with Crippen LogP contribution in [0, 0.1) is 0 Å². The van der Waals surface area contributed by atoms with Crippen LogP contribution in [0.4, 0.5) is 8.78 Å². The van der Waals surface area contributed by atoms with Crippen molar-refractivity contribution in [1.29, 1.82) is 0 Å². The number of halogens is 2. The maximum Gasteiger partial charge on any atom is 0.387 e. The lowest BCUT2D eigenvalue weighted by molar-refractivity contribution is -0.289. The fourth-order valence-electron chi connectivity index (χ4n) is 6.03. The lowest BCUT2D eigenvalue weighted by Crippen LogP contribution is -2.63. The second-order valence-corrected chi connectivity index (χ2v) is 13.9. The molecule has 3 heterocycles. The number of alkyl halides is 2. The summed E-state index contributed by atoms with van der Waals surface area (Å²) >= 11 is 0. The molecule has 302 valence electrons. The minimum Gasteiger partial charge on any atom is -0.487 e. The van der Waals surface area contributed by atoms with Gasteiger partial charge in [0, 0.05) is 52.1 Å². The number of ether oxygens (including phenoxy) is 8. The summed E-state index contributed by atoms with van der Waals surface area (Å²) in [6.45, 7) is 4.27. The summed E-state index contributed by atoms with van der Waals surface area (Å²) in [4.78, 5) is 57.1. The predicted octanol–water partition coefficient (Wildman–Crippen LogP) is 4.68. The van der Waals surface area contributed by atoms with Gasteiger partial charge in [-0.2, -0.15) is 8.78 Å². The summed E-state index contributed by atoms with van der Waals surface area (Å²) in [6, 6.07) is 11.5. The van der Waals surface area contributed by atoms with Gasteiger partial charge >= 0.3 is 30.5 Å². The maximum absolute atomic E-state index is 13.3. The van der Waals surface area contributed by atoms with Crippen LogP contribution < -0.4 is 14.2 Å². The second-order valence-electron chi connectivity index (χ2n) is 13.9. The van der Waals surface area contributed by atoms with Gasteiger partial charge in [0.1, 0.15) is 18.3 Å². The van der Waals surface area contributed by atoms with Crippen LogP contribution in [-0.2, 0) is 54.9 Å². The highest BCUT2D eigenvalue weighted by molar-refractivity contribution is 5.68. The number of aliphatic hydroxyl groups is 1. The van der Waals surface area contributed by atoms with Crippen LogP contribution in [0.3, 0.4) is 0 Å². The molecule has 1 saturated heterocycles. The van der Waals surface area contributed by atoms with Gasteiger partial charge in [-0.25, -0.2) is 4.98 Å². The van der Waals surface area contributed by atoms with Crippen molar-refractivity contribution in [3.8, 4) is 17.4 Å². The first kappa shape index (κ1) is 41.7. The Kier molecular flexibility index (Phi) is 13.4. The maximum atomic E-state index is 13.3. The number of hydrogen-bond donors (Lipinski definition) is 1. The number of benzene rings is 1. The molecule has 2 aliphatic rings.